The first-order valence-corrected chi connectivity index (χ1v) is 11.3. The van der Waals surface area contributed by atoms with Crippen LogP contribution in [0.15, 0.2) is 30.7 Å². The van der Waals surface area contributed by atoms with Gasteiger partial charge in [-0.2, -0.15) is 0 Å². The van der Waals surface area contributed by atoms with Crippen LogP contribution in [0.3, 0.4) is 0 Å². The van der Waals surface area contributed by atoms with Crippen LogP contribution < -0.4 is 11.1 Å². The Morgan fingerprint density at radius 3 is 2.68 bits per heavy atom. The molecular formula is C22H28N6O2S. The maximum absolute atomic E-state index is 11.4. The Balaban J connectivity index is 1.54. The van der Waals surface area contributed by atoms with Crippen molar-refractivity contribution in [3.05, 3.63) is 41.3 Å². The highest BCUT2D eigenvalue weighted by Gasteiger charge is 2.38. The normalized spacial score (nSPS) is 21.4. The first kappa shape index (κ1) is 21.5. The van der Waals surface area contributed by atoms with Crippen molar-refractivity contribution in [2.45, 2.75) is 58.1 Å². The van der Waals surface area contributed by atoms with E-state index in [2.05, 4.69) is 40.3 Å². The summed E-state index contributed by atoms with van der Waals surface area (Å²) in [4.78, 5) is 21.3. The van der Waals surface area contributed by atoms with E-state index < -0.39 is 5.60 Å². The van der Waals surface area contributed by atoms with E-state index in [4.69, 9.17) is 5.73 Å². The number of hydrogen-bond donors (Lipinski definition) is 3. The van der Waals surface area contributed by atoms with Crippen LogP contribution in [-0.4, -0.2) is 30.8 Å². The molecule has 8 nitrogen and oxygen atoms in total. The molecule has 9 heteroatoms. The predicted octanol–water partition coefficient (Wildman–Crippen LogP) is 3.90. The molecule has 2 heterocycles. The number of aromatic nitrogens is 4. The average molecular weight is 441 g/mol. The summed E-state index contributed by atoms with van der Waals surface area (Å²) in [6.45, 7) is 6.15. The smallest absolute Gasteiger partial charge is 0.246 e. The highest BCUT2D eigenvalue weighted by molar-refractivity contribution is 7.15. The molecular weight excluding hydrogens is 412 g/mol. The first-order valence-electron chi connectivity index (χ1n) is 10.5. The molecule has 1 aromatic carbocycles. The molecule has 1 amide bonds. The number of benzene rings is 1. The molecule has 2 aromatic heterocycles. The summed E-state index contributed by atoms with van der Waals surface area (Å²) in [5, 5.41) is 19.5. The molecule has 1 saturated carbocycles. The zero-order chi connectivity index (χ0) is 22.2. The maximum atomic E-state index is 11.4. The summed E-state index contributed by atoms with van der Waals surface area (Å²) in [6.07, 6.45) is 5.70. The van der Waals surface area contributed by atoms with Crippen molar-refractivity contribution in [3.8, 4) is 10.4 Å². The highest BCUT2D eigenvalue weighted by atomic mass is 32.1. The summed E-state index contributed by atoms with van der Waals surface area (Å²) in [7, 11) is 0. The second kappa shape index (κ2) is 8.39. The number of hydrogen-bond acceptors (Lipinski definition) is 7. The topological polar surface area (TPSA) is 119 Å². The lowest BCUT2D eigenvalue weighted by Crippen LogP contribution is -2.35. The van der Waals surface area contributed by atoms with Crippen LogP contribution in [0.1, 0.15) is 56.1 Å². The van der Waals surface area contributed by atoms with Crippen molar-refractivity contribution in [1.82, 2.24) is 19.7 Å². The molecule has 164 valence electrons. The highest BCUT2D eigenvalue weighted by Crippen LogP contribution is 2.42. The van der Waals surface area contributed by atoms with Gasteiger partial charge in [-0.15, -0.1) is 16.4 Å². The van der Waals surface area contributed by atoms with E-state index in [1.807, 2.05) is 29.9 Å². The summed E-state index contributed by atoms with van der Waals surface area (Å²) in [5.41, 5.74) is 7.44. The Hall–Kier alpha value is -2.78. The van der Waals surface area contributed by atoms with E-state index in [-0.39, 0.29) is 17.9 Å². The van der Waals surface area contributed by atoms with Gasteiger partial charge in [-0.3, -0.25) is 4.79 Å². The number of primary amides is 1. The largest absolute Gasteiger partial charge is 0.383 e. The fourth-order valence-corrected chi connectivity index (χ4v) is 4.97. The first-order chi connectivity index (χ1) is 14.7. The molecule has 3 aromatic rings. The number of thiazole rings is 1. The van der Waals surface area contributed by atoms with E-state index >= 15 is 0 Å². The Morgan fingerprint density at radius 1 is 1.29 bits per heavy atom. The average Bonchev–Trinajstić information content (AvgIpc) is 3.38. The second-order valence-electron chi connectivity index (χ2n) is 8.59. The van der Waals surface area contributed by atoms with Crippen molar-refractivity contribution >= 4 is 28.9 Å². The zero-order valence-electron chi connectivity index (χ0n) is 18.0. The molecule has 1 fully saturated rings. The van der Waals surface area contributed by atoms with E-state index in [0.717, 1.165) is 21.7 Å². The number of nitrogens with zero attached hydrogens (tertiary/aromatic N) is 4. The van der Waals surface area contributed by atoms with Gasteiger partial charge in [-0.25, -0.2) is 14.6 Å². The minimum absolute atomic E-state index is 0.155. The molecule has 0 aliphatic heterocycles. The number of rotatable bonds is 6. The number of nitrogens with one attached hydrogen (secondary N) is 1. The van der Waals surface area contributed by atoms with E-state index in [9.17, 15) is 9.90 Å². The van der Waals surface area contributed by atoms with Crippen LogP contribution in [0.4, 0.5) is 11.6 Å². The molecule has 0 saturated heterocycles. The van der Waals surface area contributed by atoms with Crippen molar-refractivity contribution < 1.29 is 9.90 Å². The van der Waals surface area contributed by atoms with Crippen LogP contribution >= 0.6 is 11.3 Å². The van der Waals surface area contributed by atoms with Gasteiger partial charge < -0.3 is 16.2 Å². The number of nitrogens with two attached hydrogens (primary N) is 1. The number of aliphatic hydroxyl groups is 1. The maximum Gasteiger partial charge on any atom is 0.246 e. The fourth-order valence-electron chi connectivity index (χ4n) is 3.92. The molecule has 0 atom stereocenters. The lowest BCUT2D eigenvalue weighted by atomic mass is 9.79. The molecule has 1 aliphatic rings. The summed E-state index contributed by atoms with van der Waals surface area (Å²) in [6, 6.07) is 6.42. The van der Waals surface area contributed by atoms with Gasteiger partial charge in [0.15, 0.2) is 0 Å². The van der Waals surface area contributed by atoms with Crippen molar-refractivity contribution in [3.63, 3.8) is 0 Å². The van der Waals surface area contributed by atoms with E-state index in [0.29, 0.717) is 36.6 Å². The molecule has 4 N–H and O–H groups in total. The van der Waals surface area contributed by atoms with Crippen LogP contribution in [0.5, 0.6) is 0 Å². The minimum atomic E-state index is -0.993. The molecule has 4 rings (SSSR count). The van der Waals surface area contributed by atoms with Crippen LogP contribution in [0.25, 0.3) is 10.4 Å². The van der Waals surface area contributed by atoms with Crippen molar-refractivity contribution in [2.24, 2.45) is 11.7 Å². The number of carbonyl (C=O) groups excluding carboxylic acids is 1. The number of aryl methyl sites for hydroxylation is 1. The SMILES string of the molecule is Cc1cc(Nc2ncn(C(C)C)n2)cc(-c2cnc(C3(O)CCC(C(N)=O)CC3)s2)c1. The molecule has 0 radical (unpaired) electrons. The van der Waals surface area contributed by atoms with Crippen molar-refractivity contribution in [1.29, 1.82) is 0 Å². The molecule has 0 unspecified atom stereocenters. The van der Waals surface area contributed by atoms with Crippen LogP contribution in [-0.2, 0) is 10.4 Å². The van der Waals surface area contributed by atoms with Gasteiger partial charge in [0.2, 0.25) is 11.9 Å². The zero-order valence-corrected chi connectivity index (χ0v) is 18.8. The van der Waals surface area contributed by atoms with Crippen molar-refractivity contribution in [2.75, 3.05) is 5.32 Å². The number of carbonyl (C=O) groups is 1. The lowest BCUT2D eigenvalue weighted by molar-refractivity contribution is -0.124. The number of anilines is 2. The quantitative estimate of drug-likeness (QED) is 0.535. The Labute approximate surface area is 185 Å². The van der Waals surface area contributed by atoms with Crippen LogP contribution in [0.2, 0.25) is 0 Å². The summed E-state index contributed by atoms with van der Waals surface area (Å²) in [5.74, 6) is 0.114. The van der Waals surface area contributed by atoms with Gasteiger partial charge in [0.25, 0.3) is 0 Å². The summed E-state index contributed by atoms with van der Waals surface area (Å²) >= 11 is 1.49. The van der Waals surface area contributed by atoms with E-state index in [1.165, 1.54) is 11.3 Å². The Kier molecular flexibility index (Phi) is 5.81. The fraction of sp³-hybridized carbons (Fsp3) is 0.455. The van der Waals surface area contributed by atoms with E-state index in [1.54, 1.807) is 6.33 Å². The lowest BCUT2D eigenvalue weighted by Gasteiger charge is -2.33. The molecule has 1 aliphatic carbocycles. The Morgan fingerprint density at radius 2 is 2.03 bits per heavy atom. The third-order valence-electron chi connectivity index (χ3n) is 5.77. The van der Waals surface area contributed by atoms with Gasteiger partial charge >= 0.3 is 0 Å². The number of amides is 1. The monoisotopic (exact) mass is 440 g/mol. The predicted molar refractivity (Wildman–Crippen MR) is 121 cm³/mol. The standard InChI is InChI=1S/C22H28N6O2S/c1-13(2)28-12-25-21(27-28)26-17-9-14(3)8-16(10-17)18-11-24-20(31-18)22(30)6-4-15(5-7-22)19(23)29/h8-13,15,30H,4-7H2,1-3H3,(H2,23,29)(H,26,27). The second-order valence-corrected chi connectivity index (χ2v) is 9.62. The van der Waals surface area contributed by atoms with Gasteiger partial charge in [0.1, 0.15) is 16.9 Å². The third kappa shape index (κ3) is 4.62. The minimum Gasteiger partial charge on any atom is -0.383 e. The van der Waals surface area contributed by atoms with Gasteiger partial charge in [-0.05, 0) is 69.7 Å². The van der Waals surface area contributed by atoms with Crippen LogP contribution in [0, 0.1) is 12.8 Å². The molecule has 31 heavy (non-hydrogen) atoms. The van der Waals surface area contributed by atoms with Gasteiger partial charge in [0.05, 0.1) is 4.88 Å². The Bertz CT molecular complexity index is 1080. The third-order valence-corrected chi connectivity index (χ3v) is 7.01. The van der Waals surface area contributed by atoms with Gasteiger partial charge in [0, 0.05) is 23.8 Å². The molecule has 0 spiro atoms. The summed E-state index contributed by atoms with van der Waals surface area (Å²) < 4.78 is 1.81. The van der Waals surface area contributed by atoms with Gasteiger partial charge in [-0.1, -0.05) is 6.07 Å². The molecule has 0 bridgehead atoms.